The minimum absolute atomic E-state index is 0. The van der Waals surface area contributed by atoms with Crippen LogP contribution in [0.1, 0.15) is 101 Å². The molecule has 0 saturated carbocycles. The van der Waals surface area contributed by atoms with Gasteiger partial charge in [0.2, 0.25) is 11.4 Å². The van der Waals surface area contributed by atoms with E-state index in [4.69, 9.17) is 0 Å². The van der Waals surface area contributed by atoms with E-state index in [1.165, 1.54) is 59.9 Å². The molecule has 2 aromatic carbocycles. The summed E-state index contributed by atoms with van der Waals surface area (Å²) >= 11 is 0. The molecule has 1 heterocycles. The van der Waals surface area contributed by atoms with Crippen LogP contribution in [0.2, 0.25) is 0 Å². The average molecular weight is 487 g/mol. The van der Waals surface area contributed by atoms with Crippen molar-refractivity contribution in [1.29, 1.82) is 0 Å². The molecule has 33 heavy (non-hydrogen) atoms. The first-order valence-electron chi connectivity index (χ1n) is 12.8. The second-order valence-corrected chi connectivity index (χ2v) is 9.13. The van der Waals surface area contributed by atoms with Crippen LogP contribution in [0.25, 0.3) is 16.9 Å². The van der Waals surface area contributed by atoms with E-state index >= 15 is 0 Å². The van der Waals surface area contributed by atoms with E-state index < -0.39 is 0 Å². The van der Waals surface area contributed by atoms with E-state index in [1.54, 1.807) is 0 Å². The summed E-state index contributed by atoms with van der Waals surface area (Å²) < 4.78 is 1.43. The Labute approximate surface area is 211 Å². The zero-order valence-corrected chi connectivity index (χ0v) is 21.7. The van der Waals surface area contributed by atoms with Crippen LogP contribution in [-0.2, 0) is 29.3 Å². The summed E-state index contributed by atoms with van der Waals surface area (Å²) in [6.45, 7) is 6.71. The Morgan fingerprint density at radius 1 is 0.667 bits per heavy atom. The third-order valence-corrected chi connectivity index (χ3v) is 6.44. The fraction of sp³-hybridized carbons (Fsp3) is 0.467. The van der Waals surface area contributed by atoms with Gasteiger partial charge in [-0.3, -0.25) is 0 Å². The summed E-state index contributed by atoms with van der Waals surface area (Å²) in [6.07, 6.45) is 15.2. The normalized spacial score (nSPS) is 13.3. The molecule has 0 unspecified atom stereocenters. The maximum atomic E-state index is 11.3. The Hall–Kier alpha value is -1.99. The molecule has 1 aliphatic rings. The van der Waals surface area contributed by atoms with Crippen molar-refractivity contribution in [2.45, 2.75) is 91.4 Å². The molecule has 0 saturated heterocycles. The molecule has 0 bridgehead atoms. The topological polar surface area (TPSA) is 25.3 Å². The van der Waals surface area contributed by atoms with Crippen LogP contribution >= 0.6 is 0 Å². The van der Waals surface area contributed by atoms with E-state index in [2.05, 4.69) is 75.4 Å². The molecule has 1 aliphatic heterocycles. The molecule has 3 rings (SSSR count). The fourth-order valence-electron chi connectivity index (χ4n) is 4.48. The van der Waals surface area contributed by atoms with Crippen LogP contribution in [0.5, 0.6) is 0 Å². The van der Waals surface area contributed by atoms with Gasteiger partial charge in [-0.05, 0) is 73.9 Å². The average Bonchev–Trinajstić information content (AvgIpc) is 3.15. The van der Waals surface area contributed by atoms with Gasteiger partial charge in [-0.2, -0.15) is 0 Å². The van der Waals surface area contributed by atoms with Crippen LogP contribution in [0.3, 0.4) is 0 Å². The van der Waals surface area contributed by atoms with Gasteiger partial charge in [-0.1, -0.05) is 77.1 Å². The minimum Gasteiger partial charge on any atom is -0.493 e. The van der Waals surface area contributed by atoms with Gasteiger partial charge in [-0.15, -0.1) is 0 Å². The minimum atomic E-state index is 0. The number of unbranched alkanes of at least 4 members (excludes halogenated alkanes) is 5. The van der Waals surface area contributed by atoms with Crippen molar-refractivity contribution < 1.29 is 21.2 Å². The van der Waals surface area contributed by atoms with Crippen LogP contribution < -0.4 is 0 Å². The fourth-order valence-corrected chi connectivity index (χ4v) is 4.48. The smallest absolute Gasteiger partial charge is 0.210 e. The third kappa shape index (κ3) is 7.51. The number of hydrogen-bond acceptors (Lipinski definition) is 0. The molecule has 0 amide bonds. The molecule has 0 aromatic heterocycles. The molecule has 2 nitrogen and oxygen atoms in total. The number of hydrogen-bond donors (Lipinski definition) is 0. The van der Waals surface area contributed by atoms with Crippen molar-refractivity contribution in [2.75, 3.05) is 0 Å². The molecule has 0 fully saturated rings. The summed E-state index contributed by atoms with van der Waals surface area (Å²) in [5.41, 5.74) is 19.3. The SMILES string of the molecule is CCCCCCc1cccc(C2=C(CCCC)C=C(c3ccc(CCCC)cc3)[N+]2=[N-])c1.[Ni]. The molecule has 0 spiro atoms. The molecule has 0 aliphatic carbocycles. The van der Waals surface area contributed by atoms with Gasteiger partial charge >= 0.3 is 0 Å². The number of benzene rings is 2. The number of aryl methyl sites for hydroxylation is 2. The van der Waals surface area contributed by atoms with E-state index in [9.17, 15) is 5.53 Å². The monoisotopic (exact) mass is 486 g/mol. The second kappa shape index (κ2) is 14.3. The van der Waals surface area contributed by atoms with Crippen molar-refractivity contribution in [1.82, 2.24) is 0 Å². The summed E-state index contributed by atoms with van der Waals surface area (Å²) in [6, 6.07) is 17.5. The number of allylic oxidation sites excluding steroid dienone is 2. The summed E-state index contributed by atoms with van der Waals surface area (Å²) in [7, 11) is 0. The molecule has 0 atom stereocenters. The van der Waals surface area contributed by atoms with Gasteiger partial charge in [0.15, 0.2) is 0 Å². The maximum absolute atomic E-state index is 11.3. The Morgan fingerprint density at radius 2 is 1.33 bits per heavy atom. The van der Waals surface area contributed by atoms with Crippen molar-refractivity contribution >= 4 is 11.4 Å². The molecule has 3 heteroatoms. The third-order valence-electron chi connectivity index (χ3n) is 6.44. The van der Waals surface area contributed by atoms with Crippen molar-refractivity contribution in [2.24, 2.45) is 0 Å². The van der Waals surface area contributed by atoms with Gasteiger partial charge in [0, 0.05) is 39.3 Å². The van der Waals surface area contributed by atoms with Gasteiger partial charge in [0.1, 0.15) is 0 Å². The Balaban J connectivity index is 0.00000385. The zero-order valence-electron chi connectivity index (χ0n) is 20.7. The van der Waals surface area contributed by atoms with Crippen LogP contribution in [-0.4, -0.2) is 4.70 Å². The quantitative estimate of drug-likeness (QED) is 0.153. The first-order valence-corrected chi connectivity index (χ1v) is 12.8. The Kier molecular flexibility index (Phi) is 11.8. The van der Waals surface area contributed by atoms with Crippen molar-refractivity contribution in [3.8, 4) is 0 Å². The van der Waals surface area contributed by atoms with Crippen LogP contribution in [0.15, 0.2) is 60.2 Å². The van der Waals surface area contributed by atoms with Gasteiger partial charge in [0.25, 0.3) is 0 Å². The molecule has 0 radical (unpaired) electrons. The largest absolute Gasteiger partial charge is 0.493 e. The zero-order chi connectivity index (χ0) is 22.8. The maximum Gasteiger partial charge on any atom is 0.210 e. The van der Waals surface area contributed by atoms with Crippen LogP contribution in [0, 0.1) is 0 Å². The first-order chi connectivity index (χ1) is 15.7. The van der Waals surface area contributed by atoms with Gasteiger partial charge in [0.05, 0.1) is 0 Å². The predicted molar refractivity (Wildman–Crippen MR) is 137 cm³/mol. The van der Waals surface area contributed by atoms with E-state index in [-0.39, 0.29) is 16.5 Å². The summed E-state index contributed by atoms with van der Waals surface area (Å²) in [5, 5.41) is 0. The molecular weight excluding hydrogens is 447 g/mol. The van der Waals surface area contributed by atoms with E-state index in [1.807, 2.05) is 0 Å². The predicted octanol–water partition coefficient (Wildman–Crippen LogP) is 9.14. The van der Waals surface area contributed by atoms with Crippen LogP contribution in [0.4, 0.5) is 0 Å². The standard InChI is InChI=1S/C30H40N2.Ni/c1-4-7-10-11-14-25-15-12-17-27(22-25)30-28(16-9-6-3)23-29(32(30)31)26-20-18-24(19-21-26)13-8-5-2;/h12,15,17-23H,4-11,13-14,16H2,1-3H3;. The van der Waals surface area contributed by atoms with Crippen molar-refractivity contribution in [3.05, 3.63) is 88.0 Å². The summed E-state index contributed by atoms with van der Waals surface area (Å²) in [4.78, 5) is 0. The van der Waals surface area contributed by atoms with Crippen molar-refractivity contribution in [3.63, 3.8) is 0 Å². The molecule has 0 N–H and O–H groups in total. The molecular formula is C30H40N2Ni. The molecule has 2 aromatic rings. The van der Waals surface area contributed by atoms with Gasteiger partial charge < -0.3 is 5.53 Å². The molecule has 180 valence electrons. The van der Waals surface area contributed by atoms with Gasteiger partial charge in [-0.25, -0.2) is 4.70 Å². The number of nitrogens with zero attached hydrogens (tertiary/aromatic N) is 2. The number of rotatable bonds is 13. The van der Waals surface area contributed by atoms with E-state index in [0.29, 0.717) is 0 Å². The Morgan fingerprint density at radius 3 is 2.03 bits per heavy atom. The summed E-state index contributed by atoms with van der Waals surface area (Å²) in [5.74, 6) is 0. The van der Waals surface area contributed by atoms with E-state index in [0.717, 1.165) is 54.6 Å². The Bertz CT molecular complexity index is 954. The first kappa shape index (κ1) is 27.3. The second-order valence-electron chi connectivity index (χ2n) is 9.13.